The minimum Gasteiger partial charge on any atom is -0.508 e. The van der Waals surface area contributed by atoms with E-state index >= 15 is 0 Å². The Balaban J connectivity index is 1.54. The number of aromatic nitrogens is 2. The number of rotatable bonds is 6. The number of aryl methyl sites for hydroxylation is 1. The predicted octanol–water partition coefficient (Wildman–Crippen LogP) is 1.72. The van der Waals surface area contributed by atoms with Gasteiger partial charge in [-0.3, -0.25) is 4.79 Å². The molecule has 3 rings (SSSR count). The highest BCUT2D eigenvalue weighted by Gasteiger charge is 2.15. The fourth-order valence-corrected chi connectivity index (χ4v) is 2.82. The zero-order valence-electron chi connectivity index (χ0n) is 15.6. The van der Waals surface area contributed by atoms with Crippen LogP contribution in [0.25, 0.3) is 0 Å². The number of aromatic hydroxyl groups is 2. The van der Waals surface area contributed by atoms with Crippen LogP contribution in [0.1, 0.15) is 30.5 Å². The molecule has 2 aromatic rings. The van der Waals surface area contributed by atoms with E-state index < -0.39 is 5.91 Å². The number of phenolic OH excluding ortho intramolecular Hbond substituents is 2. The van der Waals surface area contributed by atoms with Gasteiger partial charge in [0.1, 0.15) is 11.5 Å². The molecule has 2 heterocycles. The summed E-state index contributed by atoms with van der Waals surface area (Å²) in [6.07, 6.45) is 4.72. The second-order valence-electron chi connectivity index (χ2n) is 6.52. The number of hydrogen-bond donors (Lipinski definition) is 3. The van der Waals surface area contributed by atoms with Crippen molar-refractivity contribution in [3.05, 3.63) is 35.5 Å². The Hall–Kier alpha value is -3.36. The summed E-state index contributed by atoms with van der Waals surface area (Å²) in [5, 5.41) is 22.7. The zero-order valence-corrected chi connectivity index (χ0v) is 15.6. The summed E-state index contributed by atoms with van der Waals surface area (Å²) in [4.78, 5) is 22.9. The number of nitrogens with zero attached hydrogens (tertiary/aromatic N) is 4. The lowest BCUT2D eigenvalue weighted by Gasteiger charge is -2.26. The Morgan fingerprint density at radius 2 is 2.04 bits per heavy atom. The fourth-order valence-electron chi connectivity index (χ4n) is 2.82. The van der Waals surface area contributed by atoms with E-state index in [1.807, 2.05) is 6.92 Å². The first-order valence-corrected chi connectivity index (χ1v) is 9.08. The van der Waals surface area contributed by atoms with Crippen molar-refractivity contribution in [3.63, 3.8) is 0 Å². The van der Waals surface area contributed by atoms with Gasteiger partial charge < -0.3 is 19.8 Å². The third-order valence-corrected chi connectivity index (χ3v) is 4.22. The van der Waals surface area contributed by atoms with E-state index in [1.165, 1.54) is 30.8 Å². The molecular weight excluding hydrogens is 362 g/mol. The molecule has 1 saturated heterocycles. The van der Waals surface area contributed by atoms with E-state index in [1.54, 1.807) is 6.07 Å². The molecule has 1 aromatic carbocycles. The van der Waals surface area contributed by atoms with Gasteiger partial charge in [0.2, 0.25) is 11.8 Å². The highest BCUT2D eigenvalue weighted by molar-refractivity contribution is 5.85. The van der Waals surface area contributed by atoms with Crippen molar-refractivity contribution in [1.29, 1.82) is 0 Å². The number of carbonyl (C=O) groups is 1. The van der Waals surface area contributed by atoms with Crippen molar-refractivity contribution < 1.29 is 19.7 Å². The van der Waals surface area contributed by atoms with E-state index in [0.717, 1.165) is 31.6 Å². The number of anilines is 1. The maximum atomic E-state index is 11.9. The monoisotopic (exact) mass is 385 g/mol. The Kier molecular flexibility index (Phi) is 6.25. The Morgan fingerprint density at radius 3 is 2.79 bits per heavy atom. The standard InChI is InChI=1S/C19H23N5O4/c1-13-9-18(22-19(21-13)24-7-3-2-4-8-24)28-12-17(27)23-20-11-14-5-6-15(25)10-16(14)26/h5-6,9-11,25-26H,2-4,7-8,12H2,1H3,(H,23,27)/b20-11+. The molecular formula is C19H23N5O4. The molecule has 0 unspecified atom stereocenters. The summed E-state index contributed by atoms with van der Waals surface area (Å²) in [5.41, 5.74) is 3.44. The number of carbonyl (C=O) groups excluding carboxylic acids is 1. The third-order valence-electron chi connectivity index (χ3n) is 4.22. The van der Waals surface area contributed by atoms with Crippen molar-refractivity contribution in [3.8, 4) is 17.4 Å². The van der Waals surface area contributed by atoms with Crippen LogP contribution in [0, 0.1) is 6.92 Å². The molecule has 3 N–H and O–H groups in total. The topological polar surface area (TPSA) is 120 Å². The first-order valence-electron chi connectivity index (χ1n) is 9.08. The van der Waals surface area contributed by atoms with Gasteiger partial charge in [0, 0.05) is 36.5 Å². The molecule has 0 spiro atoms. The van der Waals surface area contributed by atoms with Crippen molar-refractivity contribution in [1.82, 2.24) is 15.4 Å². The molecule has 1 aliphatic rings. The van der Waals surface area contributed by atoms with E-state index in [9.17, 15) is 15.0 Å². The molecule has 0 bridgehead atoms. The maximum Gasteiger partial charge on any atom is 0.278 e. The average molecular weight is 385 g/mol. The summed E-state index contributed by atoms with van der Waals surface area (Å²) in [6.45, 7) is 3.44. The Bertz CT molecular complexity index is 865. The molecule has 1 aromatic heterocycles. The molecule has 0 aliphatic carbocycles. The van der Waals surface area contributed by atoms with Crippen LogP contribution >= 0.6 is 0 Å². The minimum atomic E-state index is -0.467. The minimum absolute atomic E-state index is 0.0591. The van der Waals surface area contributed by atoms with Crippen LogP contribution in [0.15, 0.2) is 29.4 Å². The van der Waals surface area contributed by atoms with Gasteiger partial charge in [-0.1, -0.05) is 0 Å². The number of hydrogen-bond acceptors (Lipinski definition) is 8. The first kappa shape index (κ1) is 19.4. The number of amides is 1. The number of phenols is 2. The molecule has 0 atom stereocenters. The average Bonchev–Trinajstić information content (AvgIpc) is 2.68. The largest absolute Gasteiger partial charge is 0.508 e. The van der Waals surface area contributed by atoms with Gasteiger partial charge in [-0.25, -0.2) is 10.4 Å². The van der Waals surface area contributed by atoms with E-state index in [4.69, 9.17) is 4.74 Å². The molecule has 28 heavy (non-hydrogen) atoms. The number of ether oxygens (including phenoxy) is 1. The van der Waals surface area contributed by atoms with Crippen molar-refractivity contribution >= 4 is 18.1 Å². The van der Waals surface area contributed by atoms with Crippen molar-refractivity contribution in [2.75, 3.05) is 24.6 Å². The summed E-state index contributed by atoms with van der Waals surface area (Å²) < 4.78 is 5.48. The van der Waals surface area contributed by atoms with Crippen molar-refractivity contribution in [2.45, 2.75) is 26.2 Å². The summed E-state index contributed by atoms with van der Waals surface area (Å²) in [5.74, 6) is 0.289. The van der Waals surface area contributed by atoms with Crippen molar-refractivity contribution in [2.24, 2.45) is 5.10 Å². The number of piperidine rings is 1. The number of benzene rings is 1. The smallest absolute Gasteiger partial charge is 0.278 e. The molecule has 9 nitrogen and oxygen atoms in total. The van der Waals surface area contributed by atoms with Crippen LogP contribution in [0.2, 0.25) is 0 Å². The normalized spacial score (nSPS) is 14.2. The maximum absolute atomic E-state index is 11.9. The van der Waals surface area contributed by atoms with Gasteiger partial charge in [0.15, 0.2) is 6.61 Å². The molecule has 1 aliphatic heterocycles. The number of nitrogens with one attached hydrogen (secondary N) is 1. The van der Waals surface area contributed by atoms with Gasteiger partial charge in [0.25, 0.3) is 5.91 Å². The highest BCUT2D eigenvalue weighted by atomic mass is 16.5. The van der Waals surface area contributed by atoms with Crippen LogP contribution in [0.4, 0.5) is 5.95 Å². The quantitative estimate of drug-likeness (QED) is 0.511. The highest BCUT2D eigenvalue weighted by Crippen LogP contribution is 2.21. The summed E-state index contributed by atoms with van der Waals surface area (Å²) >= 11 is 0. The number of hydrazone groups is 1. The van der Waals surface area contributed by atoms with E-state index in [-0.39, 0.29) is 18.1 Å². The van der Waals surface area contributed by atoms with Gasteiger partial charge in [-0.15, -0.1) is 0 Å². The van der Waals surface area contributed by atoms with E-state index in [2.05, 4.69) is 25.4 Å². The SMILES string of the molecule is Cc1cc(OCC(=O)N/N=C/c2ccc(O)cc2O)nc(N2CCCCC2)n1. The third kappa shape index (κ3) is 5.32. The summed E-state index contributed by atoms with van der Waals surface area (Å²) in [6, 6.07) is 5.74. The van der Waals surface area contributed by atoms with Gasteiger partial charge in [-0.2, -0.15) is 10.1 Å². The second kappa shape index (κ2) is 9.03. The molecule has 9 heteroatoms. The lowest BCUT2D eigenvalue weighted by molar-refractivity contribution is -0.123. The molecule has 0 saturated carbocycles. The second-order valence-corrected chi connectivity index (χ2v) is 6.52. The fraction of sp³-hybridized carbons (Fsp3) is 0.368. The molecule has 1 amide bonds. The lowest BCUT2D eigenvalue weighted by atomic mass is 10.1. The first-order chi connectivity index (χ1) is 13.5. The summed E-state index contributed by atoms with van der Waals surface area (Å²) in [7, 11) is 0. The van der Waals surface area contributed by atoms with Crippen LogP contribution < -0.4 is 15.1 Å². The van der Waals surface area contributed by atoms with Crippen LogP contribution in [0.3, 0.4) is 0 Å². The predicted molar refractivity (Wildman–Crippen MR) is 104 cm³/mol. The van der Waals surface area contributed by atoms with Crippen LogP contribution in [-0.2, 0) is 4.79 Å². The zero-order chi connectivity index (χ0) is 19.9. The molecule has 0 radical (unpaired) electrons. The van der Waals surface area contributed by atoms with Crippen LogP contribution in [-0.4, -0.2) is 52.0 Å². The van der Waals surface area contributed by atoms with Gasteiger partial charge in [-0.05, 0) is 38.3 Å². The van der Waals surface area contributed by atoms with Gasteiger partial charge >= 0.3 is 0 Å². The lowest BCUT2D eigenvalue weighted by Crippen LogP contribution is -2.31. The Morgan fingerprint density at radius 1 is 1.25 bits per heavy atom. The van der Waals surface area contributed by atoms with Crippen LogP contribution in [0.5, 0.6) is 17.4 Å². The van der Waals surface area contributed by atoms with E-state index in [0.29, 0.717) is 17.4 Å². The molecule has 1 fully saturated rings. The van der Waals surface area contributed by atoms with Gasteiger partial charge in [0.05, 0.1) is 6.21 Å². The Labute approximate surface area is 162 Å². The molecule has 148 valence electrons.